The highest BCUT2D eigenvalue weighted by atomic mass is 79.9. The van der Waals surface area contributed by atoms with E-state index in [1.165, 1.54) is 7.11 Å². The topological polar surface area (TPSA) is 52.6 Å². The van der Waals surface area contributed by atoms with Crippen LogP contribution in [-0.2, 0) is 25.7 Å². The van der Waals surface area contributed by atoms with Gasteiger partial charge in [0.15, 0.2) is 0 Å². The van der Waals surface area contributed by atoms with E-state index in [0.29, 0.717) is 6.42 Å². The number of carbonyl (C=O) groups is 2. The van der Waals surface area contributed by atoms with E-state index in [1.807, 2.05) is 30.3 Å². The maximum atomic E-state index is 11.4. The second-order valence-corrected chi connectivity index (χ2v) is 4.78. The Bertz CT molecular complexity index is 391. The number of alkyl halides is 1. The summed E-state index contributed by atoms with van der Waals surface area (Å²) in [7, 11) is 1.31. The molecule has 0 aliphatic heterocycles. The summed E-state index contributed by atoms with van der Waals surface area (Å²) in [6.07, 6.45) is 0.540. The number of halogens is 1. The fourth-order valence-electron chi connectivity index (χ4n) is 1.30. The van der Waals surface area contributed by atoms with E-state index in [0.717, 1.165) is 5.56 Å². The van der Waals surface area contributed by atoms with Crippen LogP contribution in [0.1, 0.15) is 18.4 Å². The van der Waals surface area contributed by atoms with Gasteiger partial charge in [-0.15, -0.1) is 0 Å². The molecule has 1 aromatic carbocycles. The number of benzene rings is 1. The average molecular weight is 315 g/mol. The first-order chi connectivity index (χ1) is 8.63. The lowest BCUT2D eigenvalue weighted by Crippen LogP contribution is -2.17. The van der Waals surface area contributed by atoms with E-state index < -0.39 is 4.83 Å². The largest absolute Gasteiger partial charge is 0.468 e. The molecule has 0 N–H and O–H groups in total. The van der Waals surface area contributed by atoms with Gasteiger partial charge in [0.2, 0.25) is 0 Å². The first kappa shape index (κ1) is 14.7. The molecule has 1 unspecified atom stereocenters. The number of hydrogen-bond donors (Lipinski definition) is 0. The van der Waals surface area contributed by atoms with Crippen molar-refractivity contribution in [3.63, 3.8) is 0 Å². The van der Waals surface area contributed by atoms with Gasteiger partial charge in [-0.3, -0.25) is 9.59 Å². The highest BCUT2D eigenvalue weighted by molar-refractivity contribution is 9.10. The third-order valence-corrected chi connectivity index (χ3v) is 3.13. The van der Waals surface area contributed by atoms with Crippen LogP contribution in [0.4, 0.5) is 0 Å². The second-order valence-electron chi connectivity index (χ2n) is 3.68. The van der Waals surface area contributed by atoms with Crippen molar-refractivity contribution in [1.82, 2.24) is 0 Å². The molecule has 4 nitrogen and oxygen atoms in total. The van der Waals surface area contributed by atoms with Crippen molar-refractivity contribution in [1.29, 1.82) is 0 Å². The van der Waals surface area contributed by atoms with Crippen molar-refractivity contribution >= 4 is 27.9 Å². The zero-order valence-electron chi connectivity index (χ0n) is 10.1. The molecule has 0 aromatic heterocycles. The van der Waals surface area contributed by atoms with E-state index in [2.05, 4.69) is 20.7 Å². The molecule has 0 bridgehead atoms. The zero-order chi connectivity index (χ0) is 13.4. The third-order valence-electron chi connectivity index (χ3n) is 2.30. The Kier molecular flexibility index (Phi) is 6.43. The summed E-state index contributed by atoms with van der Waals surface area (Å²) in [6, 6.07) is 9.44. The Labute approximate surface area is 114 Å². The number of carbonyl (C=O) groups excluding carboxylic acids is 2. The van der Waals surface area contributed by atoms with Crippen LogP contribution in [-0.4, -0.2) is 23.9 Å². The SMILES string of the molecule is COC(=O)C(Br)CCC(=O)OCc1ccccc1. The van der Waals surface area contributed by atoms with Gasteiger partial charge in [0.1, 0.15) is 11.4 Å². The summed E-state index contributed by atoms with van der Waals surface area (Å²) in [4.78, 5) is 22.1. The second kappa shape index (κ2) is 7.87. The molecule has 5 heteroatoms. The van der Waals surface area contributed by atoms with Crippen molar-refractivity contribution in [2.45, 2.75) is 24.3 Å². The monoisotopic (exact) mass is 314 g/mol. The first-order valence-electron chi connectivity index (χ1n) is 5.55. The Morgan fingerprint density at radius 3 is 2.56 bits per heavy atom. The minimum Gasteiger partial charge on any atom is -0.468 e. The molecule has 18 heavy (non-hydrogen) atoms. The van der Waals surface area contributed by atoms with Crippen LogP contribution in [0, 0.1) is 0 Å². The lowest BCUT2D eigenvalue weighted by atomic mass is 10.2. The van der Waals surface area contributed by atoms with Crippen molar-refractivity contribution in [3.8, 4) is 0 Å². The van der Waals surface area contributed by atoms with E-state index in [1.54, 1.807) is 0 Å². The summed E-state index contributed by atoms with van der Waals surface area (Å²) >= 11 is 3.15. The predicted octanol–water partition coefficient (Wildman–Crippen LogP) is 2.45. The van der Waals surface area contributed by atoms with Gasteiger partial charge >= 0.3 is 11.9 Å². The minimum absolute atomic E-state index is 0.178. The van der Waals surface area contributed by atoms with E-state index in [9.17, 15) is 9.59 Å². The van der Waals surface area contributed by atoms with Gasteiger partial charge in [-0.2, -0.15) is 0 Å². The van der Waals surface area contributed by atoms with Gasteiger partial charge in [0, 0.05) is 6.42 Å². The Balaban J connectivity index is 2.24. The minimum atomic E-state index is -0.466. The maximum absolute atomic E-state index is 11.4. The molecule has 1 aromatic rings. The molecule has 1 rings (SSSR count). The van der Waals surface area contributed by atoms with Crippen molar-refractivity contribution in [2.75, 3.05) is 7.11 Å². The Morgan fingerprint density at radius 2 is 1.94 bits per heavy atom. The summed E-state index contributed by atoms with van der Waals surface area (Å²) in [5.74, 6) is -0.710. The fraction of sp³-hybridized carbons (Fsp3) is 0.385. The molecule has 0 radical (unpaired) electrons. The number of rotatable bonds is 6. The molecule has 0 saturated carbocycles. The van der Waals surface area contributed by atoms with Crippen LogP contribution in [0.5, 0.6) is 0 Å². The first-order valence-corrected chi connectivity index (χ1v) is 6.46. The number of esters is 2. The molecule has 0 heterocycles. The summed E-state index contributed by atoms with van der Waals surface area (Å²) in [5, 5.41) is 0. The summed E-state index contributed by atoms with van der Waals surface area (Å²) in [5.41, 5.74) is 0.939. The van der Waals surface area contributed by atoms with E-state index >= 15 is 0 Å². The Morgan fingerprint density at radius 1 is 1.28 bits per heavy atom. The van der Waals surface area contributed by atoms with Crippen LogP contribution in [0.25, 0.3) is 0 Å². The molecule has 98 valence electrons. The molecule has 0 aliphatic carbocycles. The zero-order valence-corrected chi connectivity index (χ0v) is 11.7. The van der Waals surface area contributed by atoms with Crippen molar-refractivity contribution in [2.24, 2.45) is 0 Å². The molecule has 0 fully saturated rings. The fourth-order valence-corrected chi connectivity index (χ4v) is 1.72. The molecular formula is C13H15BrO4. The van der Waals surface area contributed by atoms with Crippen LogP contribution >= 0.6 is 15.9 Å². The maximum Gasteiger partial charge on any atom is 0.319 e. The summed E-state index contributed by atoms with van der Waals surface area (Å²) in [6.45, 7) is 0.255. The smallest absolute Gasteiger partial charge is 0.319 e. The number of methoxy groups -OCH3 is 1. The van der Waals surface area contributed by atoms with E-state index in [-0.39, 0.29) is 25.0 Å². The highest BCUT2D eigenvalue weighted by Crippen LogP contribution is 2.11. The molecular weight excluding hydrogens is 300 g/mol. The van der Waals surface area contributed by atoms with Crippen LogP contribution < -0.4 is 0 Å². The van der Waals surface area contributed by atoms with Gasteiger partial charge in [0.05, 0.1) is 7.11 Å². The Hall–Kier alpha value is -1.36. The lowest BCUT2D eigenvalue weighted by molar-refractivity contribution is -0.145. The number of hydrogen-bond acceptors (Lipinski definition) is 4. The standard InChI is InChI=1S/C13H15BrO4/c1-17-13(16)11(14)7-8-12(15)18-9-10-5-3-2-4-6-10/h2-6,11H,7-9H2,1H3. The predicted molar refractivity (Wildman–Crippen MR) is 70.2 cm³/mol. The van der Waals surface area contributed by atoms with Gasteiger partial charge in [-0.05, 0) is 12.0 Å². The van der Waals surface area contributed by atoms with Gasteiger partial charge in [0.25, 0.3) is 0 Å². The molecule has 0 aliphatic rings. The third kappa shape index (κ3) is 5.31. The summed E-state index contributed by atoms with van der Waals surface area (Å²) < 4.78 is 9.62. The van der Waals surface area contributed by atoms with Gasteiger partial charge in [-0.25, -0.2) is 0 Å². The quantitative estimate of drug-likeness (QED) is 0.598. The lowest BCUT2D eigenvalue weighted by Gasteiger charge is -2.07. The van der Waals surface area contributed by atoms with Crippen LogP contribution in [0.15, 0.2) is 30.3 Å². The normalized spacial score (nSPS) is 11.7. The molecule has 0 spiro atoms. The number of ether oxygens (including phenoxy) is 2. The molecule has 0 saturated heterocycles. The van der Waals surface area contributed by atoms with E-state index in [4.69, 9.17) is 4.74 Å². The molecule has 0 amide bonds. The molecule has 1 atom stereocenters. The van der Waals surface area contributed by atoms with Crippen molar-refractivity contribution < 1.29 is 19.1 Å². The van der Waals surface area contributed by atoms with Crippen LogP contribution in [0.3, 0.4) is 0 Å². The van der Waals surface area contributed by atoms with Crippen molar-refractivity contribution in [3.05, 3.63) is 35.9 Å². The van der Waals surface area contributed by atoms with Gasteiger partial charge < -0.3 is 9.47 Å². The van der Waals surface area contributed by atoms with Gasteiger partial charge in [-0.1, -0.05) is 46.3 Å². The van der Waals surface area contributed by atoms with Crippen LogP contribution in [0.2, 0.25) is 0 Å². The highest BCUT2D eigenvalue weighted by Gasteiger charge is 2.17. The average Bonchev–Trinajstić information content (AvgIpc) is 2.42.